The maximum atomic E-state index is 10.2. The zero-order valence-electron chi connectivity index (χ0n) is 22.7. The van der Waals surface area contributed by atoms with Gasteiger partial charge in [0.1, 0.15) is 0 Å². The van der Waals surface area contributed by atoms with Gasteiger partial charge in [-0.25, -0.2) is 0 Å². The number of aliphatic hydroxyl groups excluding tert-OH is 1. The molecular formula is C28H48O. The summed E-state index contributed by atoms with van der Waals surface area (Å²) < 4.78 is 23.9. The molecule has 1 nitrogen and oxygen atoms in total. The van der Waals surface area contributed by atoms with Crippen molar-refractivity contribution in [3.05, 3.63) is 11.6 Å². The van der Waals surface area contributed by atoms with Gasteiger partial charge in [-0.15, -0.1) is 0 Å². The molecule has 9 atom stereocenters. The summed E-state index contributed by atoms with van der Waals surface area (Å²) in [7, 11) is 0. The minimum absolute atomic E-state index is 0.124. The molecule has 0 heterocycles. The van der Waals surface area contributed by atoms with Crippen LogP contribution in [-0.2, 0) is 0 Å². The summed E-state index contributed by atoms with van der Waals surface area (Å²) in [6, 6.07) is 0. The number of hydrogen-bond donors (Lipinski definition) is 1. The quantitative estimate of drug-likeness (QED) is 0.468. The van der Waals surface area contributed by atoms with Gasteiger partial charge in [-0.1, -0.05) is 66.0 Å². The maximum Gasteiger partial charge on any atom is 0.0577 e. The highest BCUT2D eigenvalue weighted by Gasteiger charge is 2.59. The Morgan fingerprint density at radius 2 is 1.86 bits per heavy atom. The van der Waals surface area contributed by atoms with E-state index >= 15 is 0 Å². The first-order chi connectivity index (χ1) is 14.9. The highest BCUT2D eigenvalue weighted by Crippen LogP contribution is 2.67. The van der Waals surface area contributed by atoms with Crippen LogP contribution in [0.1, 0.15) is 110 Å². The monoisotopic (exact) mass is 403 g/mol. The second-order valence-corrected chi connectivity index (χ2v) is 12.3. The van der Waals surface area contributed by atoms with Crippen LogP contribution >= 0.6 is 0 Å². The average Bonchev–Trinajstić information content (AvgIpc) is 3.04. The lowest BCUT2D eigenvalue weighted by atomic mass is 9.47. The van der Waals surface area contributed by atoms with E-state index in [1.54, 1.807) is 5.57 Å². The molecule has 0 amide bonds. The number of allylic oxidation sites excluding steroid dienone is 1. The second kappa shape index (κ2) is 7.99. The number of hydrogen-bond acceptors (Lipinski definition) is 1. The predicted molar refractivity (Wildman–Crippen MR) is 124 cm³/mol. The molecule has 29 heavy (non-hydrogen) atoms. The highest BCUT2D eigenvalue weighted by atomic mass is 16.3. The molecule has 0 saturated heterocycles. The molecule has 166 valence electrons. The lowest BCUT2D eigenvalue weighted by Gasteiger charge is -2.58. The van der Waals surface area contributed by atoms with Gasteiger partial charge in [-0.05, 0) is 104 Å². The Kier molecular flexibility index (Phi) is 5.04. The zero-order valence-corrected chi connectivity index (χ0v) is 19.7. The standard InChI is InChI=1S/C28H48O/c1-18(2)19(3)7-8-20(4)24-11-12-25-23-10-9-21-17-22(29)13-15-27(21,5)26(23)14-16-28(24,25)6/h9,18-20,22-26,29H,7-8,10-17H2,1-6H3/t19-,20+,22-,23-,24+,25-,26-,27-,28+/m0/s1/i3D3. The van der Waals surface area contributed by atoms with E-state index < -0.39 is 6.85 Å². The number of fused-ring (bicyclic) bond motifs is 5. The molecule has 0 unspecified atom stereocenters. The van der Waals surface area contributed by atoms with Crippen LogP contribution in [0, 0.1) is 52.3 Å². The Hall–Kier alpha value is -0.300. The summed E-state index contributed by atoms with van der Waals surface area (Å²) in [5, 5.41) is 10.2. The van der Waals surface area contributed by atoms with Crippen molar-refractivity contribution in [3.8, 4) is 0 Å². The maximum absolute atomic E-state index is 10.2. The van der Waals surface area contributed by atoms with Gasteiger partial charge < -0.3 is 5.11 Å². The average molecular weight is 404 g/mol. The van der Waals surface area contributed by atoms with Crippen molar-refractivity contribution in [1.82, 2.24) is 0 Å². The van der Waals surface area contributed by atoms with Crippen molar-refractivity contribution in [2.24, 2.45) is 52.3 Å². The summed E-state index contributed by atoms with van der Waals surface area (Å²) in [5.41, 5.74) is 2.30. The van der Waals surface area contributed by atoms with Crippen molar-refractivity contribution in [2.45, 2.75) is 112 Å². The van der Waals surface area contributed by atoms with Crippen LogP contribution in [0.25, 0.3) is 0 Å². The fourth-order valence-corrected chi connectivity index (χ4v) is 8.59. The molecule has 3 fully saturated rings. The fourth-order valence-electron chi connectivity index (χ4n) is 8.59. The first-order valence-corrected chi connectivity index (χ1v) is 12.8. The van der Waals surface area contributed by atoms with E-state index in [1.165, 1.54) is 32.1 Å². The summed E-state index contributed by atoms with van der Waals surface area (Å²) in [5.74, 6) is 3.82. The van der Waals surface area contributed by atoms with Crippen LogP contribution in [0.2, 0.25) is 0 Å². The first-order valence-electron chi connectivity index (χ1n) is 14.3. The van der Waals surface area contributed by atoms with Gasteiger partial charge in [0.25, 0.3) is 0 Å². The fraction of sp³-hybridized carbons (Fsp3) is 0.929. The van der Waals surface area contributed by atoms with Crippen molar-refractivity contribution < 1.29 is 9.22 Å². The number of rotatable bonds is 5. The second-order valence-electron chi connectivity index (χ2n) is 12.3. The normalized spacial score (nSPS) is 48.4. The molecule has 1 N–H and O–H groups in total. The molecule has 1 heteroatoms. The Morgan fingerprint density at radius 3 is 2.59 bits per heavy atom. The largest absolute Gasteiger partial charge is 0.393 e. The lowest BCUT2D eigenvalue weighted by molar-refractivity contribution is -0.0574. The molecule has 0 aromatic rings. The van der Waals surface area contributed by atoms with Gasteiger partial charge in [0, 0.05) is 4.11 Å². The predicted octanol–water partition coefficient (Wildman–Crippen LogP) is 7.63. The molecule has 0 bridgehead atoms. The van der Waals surface area contributed by atoms with Crippen molar-refractivity contribution in [1.29, 1.82) is 0 Å². The molecule has 0 aromatic carbocycles. The van der Waals surface area contributed by atoms with E-state index in [0.29, 0.717) is 16.7 Å². The molecule has 4 rings (SSSR count). The van der Waals surface area contributed by atoms with Crippen LogP contribution in [0.5, 0.6) is 0 Å². The Balaban J connectivity index is 1.47. The number of aliphatic hydroxyl groups is 1. The Bertz CT molecular complexity index is 712. The van der Waals surface area contributed by atoms with Crippen LogP contribution < -0.4 is 0 Å². The van der Waals surface area contributed by atoms with E-state index in [2.05, 4.69) is 40.7 Å². The van der Waals surface area contributed by atoms with Gasteiger partial charge in [0.2, 0.25) is 0 Å². The van der Waals surface area contributed by atoms with Gasteiger partial charge in [0.05, 0.1) is 6.10 Å². The Morgan fingerprint density at radius 1 is 1.07 bits per heavy atom. The summed E-state index contributed by atoms with van der Waals surface area (Å²) in [6.07, 6.45) is 13.9. The molecule has 0 aromatic heterocycles. The minimum Gasteiger partial charge on any atom is -0.393 e. The third-order valence-corrected chi connectivity index (χ3v) is 10.6. The summed E-state index contributed by atoms with van der Waals surface area (Å²) in [6.45, 7) is 9.85. The molecule has 3 saturated carbocycles. The van der Waals surface area contributed by atoms with E-state index in [0.717, 1.165) is 55.8 Å². The topological polar surface area (TPSA) is 20.2 Å². The molecule has 0 aliphatic heterocycles. The van der Waals surface area contributed by atoms with Gasteiger partial charge in [-0.2, -0.15) is 0 Å². The smallest absolute Gasteiger partial charge is 0.0577 e. The summed E-state index contributed by atoms with van der Waals surface area (Å²) in [4.78, 5) is 0. The van der Waals surface area contributed by atoms with Crippen molar-refractivity contribution in [3.63, 3.8) is 0 Å². The first kappa shape index (κ1) is 18.3. The molecule has 4 aliphatic carbocycles. The third-order valence-electron chi connectivity index (χ3n) is 10.6. The van der Waals surface area contributed by atoms with Crippen LogP contribution in [0.15, 0.2) is 11.6 Å². The lowest BCUT2D eigenvalue weighted by Crippen LogP contribution is -2.50. The molecule has 0 radical (unpaired) electrons. The minimum atomic E-state index is -1.83. The van der Waals surface area contributed by atoms with Crippen LogP contribution in [0.3, 0.4) is 0 Å². The molecule has 0 spiro atoms. The van der Waals surface area contributed by atoms with E-state index in [4.69, 9.17) is 4.11 Å². The molecular weight excluding hydrogens is 352 g/mol. The Labute approximate surface area is 185 Å². The van der Waals surface area contributed by atoms with Gasteiger partial charge >= 0.3 is 0 Å². The zero-order chi connectivity index (χ0) is 23.5. The van der Waals surface area contributed by atoms with Gasteiger partial charge in [0.15, 0.2) is 0 Å². The van der Waals surface area contributed by atoms with Crippen LogP contribution in [0.4, 0.5) is 0 Å². The van der Waals surface area contributed by atoms with Crippen molar-refractivity contribution in [2.75, 3.05) is 0 Å². The van der Waals surface area contributed by atoms with Gasteiger partial charge in [-0.3, -0.25) is 0 Å². The third kappa shape index (κ3) is 3.66. The SMILES string of the molecule is [2H]C([2H])([2H])[C@@H](CC[C@@H](C)[C@H]1CC[C@H]2[C@@H]3CC=C4C[C@@H](O)CC[C@]4(C)[C@H]3CC[C@]12C)C(C)C. The summed E-state index contributed by atoms with van der Waals surface area (Å²) >= 11 is 0. The highest BCUT2D eigenvalue weighted by molar-refractivity contribution is 5.25. The van der Waals surface area contributed by atoms with E-state index in [1.807, 2.05) is 0 Å². The van der Waals surface area contributed by atoms with Crippen molar-refractivity contribution >= 4 is 0 Å². The molecule has 4 aliphatic rings. The van der Waals surface area contributed by atoms with E-state index in [-0.39, 0.29) is 17.9 Å². The van der Waals surface area contributed by atoms with E-state index in [9.17, 15) is 5.11 Å². The van der Waals surface area contributed by atoms with Crippen LogP contribution in [-0.4, -0.2) is 11.2 Å².